The van der Waals surface area contributed by atoms with E-state index in [9.17, 15) is 18.3 Å². The number of hydrogen-bond acceptors (Lipinski definition) is 2. The van der Waals surface area contributed by atoms with Gasteiger partial charge in [-0.3, -0.25) is 0 Å². The number of aromatic nitrogens is 1. The minimum Gasteiger partial charge on any atom is -0.388 e. The molecule has 1 aromatic carbocycles. The molecule has 21 heavy (non-hydrogen) atoms. The van der Waals surface area contributed by atoms with E-state index in [0.29, 0.717) is 12.0 Å². The summed E-state index contributed by atoms with van der Waals surface area (Å²) < 4.78 is 38.9. The molecule has 0 fully saturated rings. The van der Waals surface area contributed by atoms with Gasteiger partial charge in [-0.2, -0.15) is 13.2 Å². The third-order valence-corrected chi connectivity index (χ3v) is 3.26. The summed E-state index contributed by atoms with van der Waals surface area (Å²) in [7, 11) is 0. The maximum atomic E-state index is 13.0. The first-order valence-corrected chi connectivity index (χ1v) is 6.65. The summed E-state index contributed by atoms with van der Waals surface area (Å²) in [5, 5.41) is 9.84. The highest BCUT2D eigenvalue weighted by Gasteiger charge is 2.33. The lowest BCUT2D eigenvalue weighted by molar-refractivity contribution is -0.141. The van der Waals surface area contributed by atoms with E-state index in [0.717, 1.165) is 11.6 Å². The van der Waals surface area contributed by atoms with E-state index in [-0.39, 0.29) is 11.3 Å². The zero-order valence-corrected chi connectivity index (χ0v) is 11.8. The van der Waals surface area contributed by atoms with Gasteiger partial charge < -0.3 is 5.11 Å². The number of aliphatic hydroxyl groups excluding tert-OH is 1. The Labute approximate surface area is 121 Å². The van der Waals surface area contributed by atoms with Gasteiger partial charge in [-0.15, -0.1) is 0 Å². The van der Waals surface area contributed by atoms with Crippen molar-refractivity contribution in [2.75, 3.05) is 0 Å². The van der Waals surface area contributed by atoms with Gasteiger partial charge in [0.15, 0.2) is 0 Å². The van der Waals surface area contributed by atoms with Crippen LogP contribution in [0, 0.1) is 6.92 Å². The molecule has 0 amide bonds. The zero-order chi connectivity index (χ0) is 15.6. The van der Waals surface area contributed by atoms with Crippen LogP contribution in [0.3, 0.4) is 0 Å². The second kappa shape index (κ2) is 5.85. The Morgan fingerprint density at radius 1 is 1.14 bits per heavy atom. The van der Waals surface area contributed by atoms with Crippen molar-refractivity contribution in [3.8, 4) is 11.3 Å². The number of rotatable bonds is 3. The molecule has 2 nitrogen and oxygen atoms in total. The Morgan fingerprint density at radius 3 is 2.29 bits per heavy atom. The van der Waals surface area contributed by atoms with Crippen LogP contribution in [-0.4, -0.2) is 10.1 Å². The van der Waals surface area contributed by atoms with Crippen molar-refractivity contribution < 1.29 is 18.3 Å². The fourth-order valence-corrected chi connectivity index (χ4v) is 2.00. The normalized spacial score (nSPS) is 13.2. The van der Waals surface area contributed by atoms with Crippen LogP contribution in [0.2, 0.25) is 0 Å². The molecule has 0 aliphatic heterocycles. The average Bonchev–Trinajstić information content (AvgIpc) is 2.45. The van der Waals surface area contributed by atoms with E-state index in [1.165, 1.54) is 6.07 Å². The van der Waals surface area contributed by atoms with Crippen LogP contribution in [0.4, 0.5) is 13.2 Å². The first-order chi connectivity index (χ1) is 9.81. The fraction of sp³-hybridized carbons (Fsp3) is 0.312. The second-order valence-electron chi connectivity index (χ2n) is 4.96. The standard InChI is InChI=1S/C16H16F3NO/c1-3-14(21)12-8-13(11-6-4-10(2)5-7-11)20-15(9-12)16(17,18)19/h4-9,14,21H,3H2,1-2H3/t14-/m1/s1. The highest BCUT2D eigenvalue weighted by molar-refractivity contribution is 5.60. The Hall–Kier alpha value is -1.88. The molecule has 0 saturated heterocycles. The van der Waals surface area contributed by atoms with E-state index in [1.807, 2.05) is 19.1 Å². The van der Waals surface area contributed by atoms with Gasteiger partial charge in [0.1, 0.15) is 5.69 Å². The van der Waals surface area contributed by atoms with Crippen molar-refractivity contribution in [2.45, 2.75) is 32.5 Å². The summed E-state index contributed by atoms with van der Waals surface area (Å²) >= 11 is 0. The molecule has 0 radical (unpaired) electrons. The molecule has 0 spiro atoms. The molecule has 1 aromatic heterocycles. The number of alkyl halides is 3. The van der Waals surface area contributed by atoms with Crippen LogP contribution in [0.25, 0.3) is 11.3 Å². The Balaban J connectivity index is 2.57. The van der Waals surface area contributed by atoms with Gasteiger partial charge in [-0.25, -0.2) is 4.98 Å². The predicted octanol–water partition coefficient (Wildman–Crippen LogP) is 4.52. The topological polar surface area (TPSA) is 33.1 Å². The van der Waals surface area contributed by atoms with E-state index < -0.39 is 18.0 Å². The average molecular weight is 295 g/mol. The number of pyridine rings is 1. The molecular weight excluding hydrogens is 279 g/mol. The zero-order valence-electron chi connectivity index (χ0n) is 11.8. The second-order valence-corrected chi connectivity index (χ2v) is 4.96. The lowest BCUT2D eigenvalue weighted by atomic mass is 10.0. The predicted molar refractivity (Wildman–Crippen MR) is 74.7 cm³/mol. The molecule has 0 saturated carbocycles. The van der Waals surface area contributed by atoms with E-state index >= 15 is 0 Å². The van der Waals surface area contributed by atoms with Crippen molar-refractivity contribution >= 4 is 0 Å². The summed E-state index contributed by atoms with van der Waals surface area (Å²) in [6, 6.07) is 9.49. The Bertz CT molecular complexity index is 620. The molecule has 2 rings (SSSR count). The molecular formula is C16H16F3NO. The lowest BCUT2D eigenvalue weighted by Gasteiger charge is -2.14. The highest BCUT2D eigenvalue weighted by atomic mass is 19.4. The lowest BCUT2D eigenvalue weighted by Crippen LogP contribution is -2.10. The Morgan fingerprint density at radius 2 is 1.76 bits per heavy atom. The number of halogens is 3. The van der Waals surface area contributed by atoms with Crippen molar-refractivity contribution in [2.24, 2.45) is 0 Å². The first kappa shape index (κ1) is 15.5. The summed E-state index contributed by atoms with van der Waals surface area (Å²) in [6.07, 6.45) is -5.13. The molecule has 0 bridgehead atoms. The molecule has 1 heterocycles. The van der Waals surface area contributed by atoms with Gasteiger partial charge in [0.25, 0.3) is 0 Å². The monoisotopic (exact) mass is 295 g/mol. The molecule has 112 valence electrons. The van der Waals surface area contributed by atoms with Gasteiger partial charge in [-0.05, 0) is 31.0 Å². The first-order valence-electron chi connectivity index (χ1n) is 6.65. The van der Waals surface area contributed by atoms with Crippen molar-refractivity contribution in [3.05, 3.63) is 53.2 Å². The number of aryl methyl sites for hydroxylation is 1. The van der Waals surface area contributed by atoms with E-state index in [2.05, 4.69) is 4.98 Å². The van der Waals surface area contributed by atoms with Crippen LogP contribution < -0.4 is 0 Å². The molecule has 5 heteroatoms. The smallest absolute Gasteiger partial charge is 0.388 e. The van der Waals surface area contributed by atoms with E-state index in [1.54, 1.807) is 19.1 Å². The van der Waals surface area contributed by atoms with Crippen LogP contribution in [0.15, 0.2) is 36.4 Å². The van der Waals surface area contributed by atoms with E-state index in [4.69, 9.17) is 0 Å². The largest absolute Gasteiger partial charge is 0.433 e. The molecule has 0 unspecified atom stereocenters. The van der Waals surface area contributed by atoms with Crippen LogP contribution in [0.1, 0.15) is 36.3 Å². The molecule has 0 aliphatic rings. The molecule has 2 aromatic rings. The SMILES string of the molecule is CC[C@@H](O)c1cc(-c2ccc(C)cc2)nc(C(F)(F)F)c1. The molecule has 1 N–H and O–H groups in total. The fourth-order valence-electron chi connectivity index (χ4n) is 2.00. The molecule has 0 aliphatic carbocycles. The number of hydrogen-bond donors (Lipinski definition) is 1. The van der Waals surface area contributed by atoms with Crippen LogP contribution >= 0.6 is 0 Å². The van der Waals surface area contributed by atoms with Gasteiger partial charge in [0.05, 0.1) is 11.8 Å². The third-order valence-electron chi connectivity index (χ3n) is 3.26. The molecule has 1 atom stereocenters. The minimum absolute atomic E-state index is 0.215. The van der Waals surface area contributed by atoms with Gasteiger partial charge in [0, 0.05) is 5.56 Å². The summed E-state index contributed by atoms with van der Waals surface area (Å²) in [5.41, 5.74) is 1.07. The number of aliphatic hydroxyl groups is 1. The minimum atomic E-state index is -4.54. The number of benzene rings is 1. The third kappa shape index (κ3) is 3.61. The number of nitrogens with zero attached hydrogens (tertiary/aromatic N) is 1. The summed E-state index contributed by atoms with van der Waals surface area (Å²) in [4.78, 5) is 3.69. The van der Waals surface area contributed by atoms with Crippen LogP contribution in [0.5, 0.6) is 0 Å². The van der Waals surface area contributed by atoms with Crippen molar-refractivity contribution in [3.63, 3.8) is 0 Å². The quantitative estimate of drug-likeness (QED) is 0.903. The highest BCUT2D eigenvalue weighted by Crippen LogP contribution is 2.32. The van der Waals surface area contributed by atoms with Gasteiger partial charge in [0.2, 0.25) is 0 Å². The summed E-state index contributed by atoms with van der Waals surface area (Å²) in [5.74, 6) is 0. The Kier molecular flexibility index (Phi) is 4.32. The van der Waals surface area contributed by atoms with Crippen molar-refractivity contribution in [1.82, 2.24) is 4.98 Å². The van der Waals surface area contributed by atoms with Crippen molar-refractivity contribution in [1.29, 1.82) is 0 Å². The summed E-state index contributed by atoms with van der Waals surface area (Å²) in [6.45, 7) is 3.61. The maximum Gasteiger partial charge on any atom is 0.433 e. The van der Waals surface area contributed by atoms with Gasteiger partial charge >= 0.3 is 6.18 Å². The maximum absolute atomic E-state index is 13.0. The van der Waals surface area contributed by atoms with Gasteiger partial charge in [-0.1, -0.05) is 36.8 Å². The van der Waals surface area contributed by atoms with Crippen LogP contribution in [-0.2, 0) is 6.18 Å².